The summed E-state index contributed by atoms with van der Waals surface area (Å²) in [7, 11) is 8.29. The first kappa shape index (κ1) is 24.4. The molecule has 180 valence electrons. The van der Waals surface area contributed by atoms with Gasteiger partial charge in [0.05, 0.1) is 4.91 Å². The predicted molar refractivity (Wildman–Crippen MR) is 145 cm³/mol. The molecule has 1 N–H and O–H groups in total. The van der Waals surface area contributed by atoms with E-state index in [4.69, 9.17) is 0 Å². The minimum atomic E-state index is -0.333. The molecule has 0 aromatic heterocycles. The van der Waals surface area contributed by atoms with Crippen LogP contribution < -0.4 is 15.1 Å². The van der Waals surface area contributed by atoms with Gasteiger partial charge in [0.2, 0.25) is 0 Å². The summed E-state index contributed by atoms with van der Waals surface area (Å²) in [5.41, 5.74) is 8.66. The average Bonchev–Trinajstić information content (AvgIpc) is 3.07. The standard InChI is InChI=1S/C28H35N3O2S/c1-27(2)11-12-28(3,4)21-16-23(31(7)8)19(15-20(21)27)18-10-9-17(13-22(18)30(5)6)14-24-25(32)29-26(33)34-24/h9-10,13-16H,11-12H2,1-8H3,(H,29,32,33)/b24-14+. The Kier molecular flexibility index (Phi) is 6.09. The van der Waals surface area contributed by atoms with Crippen LogP contribution >= 0.6 is 11.8 Å². The third-order valence-corrected chi connectivity index (χ3v) is 8.00. The Labute approximate surface area is 207 Å². The van der Waals surface area contributed by atoms with Crippen molar-refractivity contribution < 1.29 is 9.59 Å². The summed E-state index contributed by atoms with van der Waals surface area (Å²) in [5.74, 6) is -0.333. The predicted octanol–water partition coefficient (Wildman–Crippen LogP) is 6.16. The summed E-state index contributed by atoms with van der Waals surface area (Å²) in [6.45, 7) is 9.42. The Balaban J connectivity index is 1.91. The lowest BCUT2D eigenvalue weighted by molar-refractivity contribution is -0.115. The van der Waals surface area contributed by atoms with Crippen molar-refractivity contribution in [3.63, 3.8) is 0 Å². The lowest BCUT2D eigenvalue weighted by Crippen LogP contribution is -2.34. The zero-order valence-corrected chi connectivity index (χ0v) is 22.3. The van der Waals surface area contributed by atoms with E-state index in [0.717, 1.165) is 28.6 Å². The first-order chi connectivity index (χ1) is 15.8. The maximum Gasteiger partial charge on any atom is 0.290 e. The molecule has 0 radical (unpaired) electrons. The highest BCUT2D eigenvalue weighted by Gasteiger charge is 2.38. The number of rotatable bonds is 4. The van der Waals surface area contributed by atoms with E-state index in [2.05, 4.69) is 81.2 Å². The van der Waals surface area contributed by atoms with E-state index in [1.165, 1.54) is 35.2 Å². The molecule has 1 saturated heterocycles. The van der Waals surface area contributed by atoms with E-state index in [1.807, 2.05) is 20.2 Å². The largest absolute Gasteiger partial charge is 0.377 e. The van der Waals surface area contributed by atoms with E-state index in [9.17, 15) is 9.59 Å². The second-order valence-corrected chi connectivity index (χ2v) is 12.1. The monoisotopic (exact) mass is 477 g/mol. The fraction of sp³-hybridized carbons (Fsp3) is 0.429. The minimum Gasteiger partial charge on any atom is -0.377 e. The number of anilines is 2. The number of hydrogen-bond acceptors (Lipinski definition) is 5. The molecule has 5 nitrogen and oxygen atoms in total. The third kappa shape index (κ3) is 4.36. The van der Waals surface area contributed by atoms with Gasteiger partial charge in [-0.3, -0.25) is 14.9 Å². The van der Waals surface area contributed by atoms with Crippen LogP contribution in [-0.2, 0) is 15.6 Å². The molecule has 0 bridgehead atoms. The van der Waals surface area contributed by atoms with Gasteiger partial charge in [0.15, 0.2) is 0 Å². The Morgan fingerprint density at radius 1 is 0.824 bits per heavy atom. The minimum absolute atomic E-state index is 0.118. The smallest absolute Gasteiger partial charge is 0.290 e. The first-order valence-electron chi connectivity index (χ1n) is 11.7. The lowest BCUT2D eigenvalue weighted by atomic mass is 9.62. The van der Waals surface area contributed by atoms with E-state index >= 15 is 0 Å². The third-order valence-electron chi connectivity index (χ3n) is 7.18. The van der Waals surface area contributed by atoms with Gasteiger partial charge in [-0.05, 0) is 76.4 Å². The van der Waals surface area contributed by atoms with Gasteiger partial charge in [-0.1, -0.05) is 39.8 Å². The molecular weight excluding hydrogens is 442 g/mol. The van der Waals surface area contributed by atoms with E-state index < -0.39 is 0 Å². The number of imide groups is 1. The number of thioether (sulfide) groups is 1. The highest BCUT2D eigenvalue weighted by molar-refractivity contribution is 8.18. The van der Waals surface area contributed by atoms with Crippen molar-refractivity contribution in [1.82, 2.24) is 5.32 Å². The van der Waals surface area contributed by atoms with Crippen molar-refractivity contribution in [2.45, 2.75) is 51.4 Å². The van der Waals surface area contributed by atoms with Crippen LogP contribution in [0.1, 0.15) is 57.2 Å². The van der Waals surface area contributed by atoms with E-state index in [0.29, 0.717) is 4.91 Å². The van der Waals surface area contributed by atoms with Crippen molar-refractivity contribution in [3.8, 4) is 11.1 Å². The first-order valence-corrected chi connectivity index (χ1v) is 12.5. The van der Waals surface area contributed by atoms with Crippen LogP contribution in [0.5, 0.6) is 0 Å². The number of fused-ring (bicyclic) bond motifs is 1. The normalized spacial score (nSPS) is 19.7. The lowest BCUT2D eigenvalue weighted by Gasteiger charge is -2.43. The van der Waals surface area contributed by atoms with Crippen LogP contribution in [0.15, 0.2) is 35.2 Å². The Bertz CT molecular complexity index is 1210. The molecular formula is C28H35N3O2S. The molecule has 4 rings (SSSR count). The van der Waals surface area contributed by atoms with Crippen LogP contribution in [0.25, 0.3) is 17.2 Å². The topological polar surface area (TPSA) is 52.7 Å². The summed E-state index contributed by atoms with van der Waals surface area (Å²) in [6, 6.07) is 11.1. The van der Waals surface area contributed by atoms with E-state index in [1.54, 1.807) is 6.08 Å². The van der Waals surface area contributed by atoms with Crippen LogP contribution in [0.4, 0.5) is 16.2 Å². The van der Waals surface area contributed by atoms with Gasteiger partial charge >= 0.3 is 0 Å². The Hall–Kier alpha value is -2.73. The number of benzene rings is 2. The van der Waals surface area contributed by atoms with Crippen LogP contribution in [0, 0.1) is 0 Å². The molecule has 0 spiro atoms. The van der Waals surface area contributed by atoms with Gasteiger partial charge < -0.3 is 9.80 Å². The summed E-state index contributed by atoms with van der Waals surface area (Å²) in [6.07, 6.45) is 4.13. The number of nitrogens with one attached hydrogen (secondary N) is 1. The van der Waals surface area contributed by atoms with Crippen molar-refractivity contribution in [1.29, 1.82) is 0 Å². The van der Waals surface area contributed by atoms with Crippen molar-refractivity contribution in [3.05, 3.63) is 51.9 Å². The second kappa shape index (κ2) is 8.49. The summed E-state index contributed by atoms with van der Waals surface area (Å²) < 4.78 is 0. The SMILES string of the molecule is CN(C)c1cc(/C=C2/SC(=O)NC2=O)ccc1-c1cc2c(cc1N(C)C)C(C)(C)CCC2(C)C. The van der Waals surface area contributed by atoms with Crippen LogP contribution in [0.3, 0.4) is 0 Å². The number of nitrogens with zero attached hydrogens (tertiary/aromatic N) is 2. The summed E-state index contributed by atoms with van der Waals surface area (Å²) in [5, 5.41) is 2.00. The molecule has 0 atom stereocenters. The fourth-order valence-corrected chi connectivity index (χ4v) is 5.68. The van der Waals surface area contributed by atoms with E-state index in [-0.39, 0.29) is 22.0 Å². The van der Waals surface area contributed by atoms with Gasteiger partial charge in [-0.2, -0.15) is 0 Å². The second-order valence-electron chi connectivity index (χ2n) is 11.1. The van der Waals surface area contributed by atoms with Crippen molar-refractivity contribution >= 4 is 40.4 Å². The van der Waals surface area contributed by atoms with Gasteiger partial charge in [-0.15, -0.1) is 0 Å². The molecule has 0 saturated carbocycles. The maximum absolute atomic E-state index is 12.0. The molecule has 2 aromatic rings. The molecule has 2 aromatic carbocycles. The molecule has 1 aliphatic heterocycles. The number of carbonyl (C=O) groups is 2. The number of hydrogen-bond donors (Lipinski definition) is 1. The van der Waals surface area contributed by atoms with Gasteiger partial charge in [0.1, 0.15) is 0 Å². The molecule has 0 unspecified atom stereocenters. The highest BCUT2D eigenvalue weighted by Crippen LogP contribution is 2.50. The molecule has 1 fully saturated rings. The van der Waals surface area contributed by atoms with Gasteiger partial charge in [0.25, 0.3) is 11.1 Å². The summed E-state index contributed by atoms with van der Waals surface area (Å²) in [4.78, 5) is 28.3. The van der Waals surface area contributed by atoms with Crippen LogP contribution in [-0.4, -0.2) is 39.3 Å². The zero-order chi connectivity index (χ0) is 25.0. The van der Waals surface area contributed by atoms with Gasteiger partial charge in [0, 0.05) is 50.7 Å². The number of carbonyl (C=O) groups excluding carboxylic acids is 2. The van der Waals surface area contributed by atoms with Gasteiger partial charge in [-0.25, -0.2) is 0 Å². The highest BCUT2D eigenvalue weighted by atomic mass is 32.2. The molecule has 1 aliphatic carbocycles. The molecule has 2 amide bonds. The Morgan fingerprint density at radius 3 is 1.91 bits per heavy atom. The molecule has 1 heterocycles. The Morgan fingerprint density at radius 2 is 1.38 bits per heavy atom. The molecule has 6 heteroatoms. The zero-order valence-electron chi connectivity index (χ0n) is 21.5. The van der Waals surface area contributed by atoms with Crippen molar-refractivity contribution in [2.24, 2.45) is 0 Å². The number of amides is 2. The molecule has 34 heavy (non-hydrogen) atoms. The fourth-order valence-electron chi connectivity index (χ4n) is 5.00. The summed E-state index contributed by atoms with van der Waals surface area (Å²) >= 11 is 0.946. The quantitative estimate of drug-likeness (QED) is 0.535. The molecule has 2 aliphatic rings. The maximum atomic E-state index is 12.0. The average molecular weight is 478 g/mol. The van der Waals surface area contributed by atoms with Crippen LogP contribution in [0.2, 0.25) is 0 Å². The van der Waals surface area contributed by atoms with Crippen molar-refractivity contribution in [2.75, 3.05) is 38.0 Å².